The van der Waals surface area contributed by atoms with E-state index in [9.17, 15) is 15.0 Å². The largest absolute Gasteiger partial charge is 0.504 e. The average Bonchev–Trinajstić information content (AvgIpc) is 2.26. The fourth-order valence-electron chi connectivity index (χ4n) is 1.94. The molecule has 0 aromatic heterocycles. The molecular weight excluding hydrogens is 222 g/mol. The van der Waals surface area contributed by atoms with Crippen molar-refractivity contribution in [2.45, 2.75) is 19.9 Å². The number of alkyl carbamates (subject to hydrolysis) is 1. The molecule has 0 aliphatic carbocycles. The summed E-state index contributed by atoms with van der Waals surface area (Å²) in [5.41, 5.74) is 0.457. The Morgan fingerprint density at radius 1 is 1.35 bits per heavy atom. The second-order valence-electron chi connectivity index (χ2n) is 4.89. The molecule has 5 nitrogen and oxygen atoms in total. The van der Waals surface area contributed by atoms with E-state index in [0.717, 1.165) is 5.56 Å². The van der Waals surface area contributed by atoms with Gasteiger partial charge in [0.25, 0.3) is 0 Å². The van der Waals surface area contributed by atoms with Gasteiger partial charge in [-0.1, -0.05) is 19.9 Å². The van der Waals surface area contributed by atoms with E-state index in [-0.39, 0.29) is 23.0 Å². The number of benzene rings is 1. The van der Waals surface area contributed by atoms with E-state index >= 15 is 0 Å². The summed E-state index contributed by atoms with van der Waals surface area (Å²) < 4.78 is 4.94. The minimum Gasteiger partial charge on any atom is -0.504 e. The summed E-state index contributed by atoms with van der Waals surface area (Å²) in [5.74, 6) is -0.371. The molecule has 1 aromatic rings. The molecule has 0 unspecified atom stereocenters. The molecule has 1 aliphatic heterocycles. The van der Waals surface area contributed by atoms with Crippen molar-refractivity contribution in [1.29, 1.82) is 0 Å². The topological polar surface area (TPSA) is 78.8 Å². The summed E-state index contributed by atoms with van der Waals surface area (Å²) in [6.45, 7) is 4.23. The zero-order valence-electron chi connectivity index (χ0n) is 9.73. The van der Waals surface area contributed by atoms with Gasteiger partial charge in [0.2, 0.25) is 0 Å². The van der Waals surface area contributed by atoms with Gasteiger partial charge >= 0.3 is 6.09 Å². The number of rotatable bonds is 1. The molecule has 92 valence electrons. The van der Waals surface area contributed by atoms with Crippen LogP contribution in [0.2, 0.25) is 0 Å². The maximum absolute atomic E-state index is 11.2. The third-order valence-corrected chi connectivity index (χ3v) is 2.95. The highest BCUT2D eigenvalue weighted by Gasteiger charge is 2.38. The number of hydrogen-bond acceptors (Lipinski definition) is 4. The minimum atomic E-state index is -0.470. The van der Waals surface area contributed by atoms with Crippen molar-refractivity contribution < 1.29 is 19.7 Å². The van der Waals surface area contributed by atoms with E-state index in [1.54, 1.807) is 6.07 Å². The molecule has 1 aromatic carbocycles. The maximum atomic E-state index is 11.2. The van der Waals surface area contributed by atoms with Crippen LogP contribution in [0.25, 0.3) is 0 Å². The third kappa shape index (κ3) is 2.13. The Labute approximate surface area is 99.0 Å². The standard InChI is InChI=1S/C12H15NO4/c1-12(2)6-17-11(16)13-10(12)7-3-4-8(14)9(15)5-7/h3-5,10,14-15H,6H2,1-2H3,(H,13,16)/t10-/m0/s1. The van der Waals surface area contributed by atoms with Crippen LogP contribution < -0.4 is 5.32 Å². The number of phenols is 2. The highest BCUT2D eigenvalue weighted by molar-refractivity contribution is 5.69. The van der Waals surface area contributed by atoms with Crippen LogP contribution >= 0.6 is 0 Å². The van der Waals surface area contributed by atoms with Crippen molar-refractivity contribution in [1.82, 2.24) is 5.32 Å². The first-order valence-corrected chi connectivity index (χ1v) is 5.35. The van der Waals surface area contributed by atoms with E-state index in [1.165, 1.54) is 12.1 Å². The Hall–Kier alpha value is -1.91. The van der Waals surface area contributed by atoms with Crippen LogP contribution in [0.1, 0.15) is 25.5 Å². The summed E-state index contributed by atoms with van der Waals surface area (Å²) in [7, 11) is 0. The first-order valence-electron chi connectivity index (χ1n) is 5.35. The summed E-state index contributed by atoms with van der Waals surface area (Å²) in [5, 5.41) is 21.5. The van der Waals surface area contributed by atoms with Gasteiger partial charge in [-0.2, -0.15) is 0 Å². The molecule has 0 radical (unpaired) electrons. The third-order valence-electron chi connectivity index (χ3n) is 2.95. The lowest BCUT2D eigenvalue weighted by molar-refractivity contribution is 0.0386. The average molecular weight is 237 g/mol. The highest BCUT2D eigenvalue weighted by Crippen LogP contribution is 2.38. The van der Waals surface area contributed by atoms with Crippen LogP contribution in [0.15, 0.2) is 18.2 Å². The van der Waals surface area contributed by atoms with Crippen LogP contribution in [0, 0.1) is 5.41 Å². The number of carbonyl (C=O) groups is 1. The second-order valence-corrected chi connectivity index (χ2v) is 4.89. The van der Waals surface area contributed by atoms with Gasteiger partial charge in [-0.3, -0.25) is 0 Å². The lowest BCUT2D eigenvalue weighted by Gasteiger charge is -2.38. The second kappa shape index (κ2) is 3.84. The zero-order chi connectivity index (χ0) is 12.6. The molecule has 1 amide bonds. The molecule has 2 rings (SSSR count). The van der Waals surface area contributed by atoms with Gasteiger partial charge in [0.15, 0.2) is 11.5 Å². The number of cyclic esters (lactones) is 1. The molecule has 1 fully saturated rings. The van der Waals surface area contributed by atoms with Crippen LogP contribution in [-0.4, -0.2) is 22.9 Å². The smallest absolute Gasteiger partial charge is 0.407 e. The van der Waals surface area contributed by atoms with Crippen molar-refractivity contribution in [2.24, 2.45) is 5.41 Å². The number of carbonyl (C=O) groups excluding carboxylic acids is 1. The minimum absolute atomic E-state index is 0.176. The van der Waals surface area contributed by atoms with Crippen molar-refractivity contribution in [3.05, 3.63) is 23.8 Å². The van der Waals surface area contributed by atoms with Gasteiger partial charge in [-0.05, 0) is 17.7 Å². The van der Waals surface area contributed by atoms with Crippen molar-refractivity contribution in [3.8, 4) is 11.5 Å². The fourth-order valence-corrected chi connectivity index (χ4v) is 1.94. The van der Waals surface area contributed by atoms with Gasteiger partial charge in [-0.25, -0.2) is 4.79 Å². The molecule has 0 saturated carbocycles. The molecule has 3 N–H and O–H groups in total. The van der Waals surface area contributed by atoms with Gasteiger partial charge in [-0.15, -0.1) is 0 Å². The van der Waals surface area contributed by atoms with Crippen molar-refractivity contribution >= 4 is 6.09 Å². The Morgan fingerprint density at radius 2 is 2.06 bits per heavy atom. The quantitative estimate of drug-likeness (QED) is 0.652. The number of phenolic OH excluding ortho intramolecular Hbond substituents is 2. The Bertz CT molecular complexity index is 456. The monoisotopic (exact) mass is 237 g/mol. The van der Waals surface area contributed by atoms with E-state index in [4.69, 9.17) is 4.74 Å². The number of hydrogen-bond donors (Lipinski definition) is 3. The number of ether oxygens (including phenoxy) is 1. The van der Waals surface area contributed by atoms with E-state index < -0.39 is 6.09 Å². The number of nitrogens with one attached hydrogen (secondary N) is 1. The van der Waals surface area contributed by atoms with Gasteiger partial charge < -0.3 is 20.3 Å². The first-order chi connectivity index (χ1) is 7.90. The van der Waals surface area contributed by atoms with Crippen molar-refractivity contribution in [2.75, 3.05) is 6.61 Å². The summed E-state index contributed by atoms with van der Waals surface area (Å²) >= 11 is 0. The van der Waals surface area contributed by atoms with E-state index in [2.05, 4.69) is 5.32 Å². The summed E-state index contributed by atoms with van der Waals surface area (Å²) in [6.07, 6.45) is -0.470. The predicted molar refractivity (Wildman–Crippen MR) is 60.8 cm³/mol. The van der Waals surface area contributed by atoms with Gasteiger partial charge in [0.05, 0.1) is 6.04 Å². The molecule has 0 bridgehead atoms. The van der Waals surface area contributed by atoms with Crippen LogP contribution in [0.3, 0.4) is 0 Å². The fraction of sp³-hybridized carbons (Fsp3) is 0.417. The molecule has 1 saturated heterocycles. The molecule has 1 heterocycles. The summed E-state index contributed by atoms with van der Waals surface area (Å²) in [4.78, 5) is 11.2. The van der Waals surface area contributed by atoms with Crippen LogP contribution in [0.5, 0.6) is 11.5 Å². The Morgan fingerprint density at radius 3 is 2.71 bits per heavy atom. The Kier molecular flexibility index (Phi) is 2.61. The predicted octanol–water partition coefficient (Wildman–Crippen LogP) is 1.90. The SMILES string of the molecule is CC1(C)COC(=O)N[C@H]1c1ccc(O)c(O)c1. The normalized spacial score (nSPS) is 22.7. The number of amides is 1. The van der Waals surface area contributed by atoms with Gasteiger partial charge in [0, 0.05) is 5.41 Å². The zero-order valence-corrected chi connectivity index (χ0v) is 9.73. The van der Waals surface area contributed by atoms with Gasteiger partial charge in [0.1, 0.15) is 6.61 Å². The molecule has 0 spiro atoms. The summed E-state index contributed by atoms with van der Waals surface area (Å²) in [6, 6.07) is 4.28. The molecular formula is C12H15NO4. The molecule has 1 atom stereocenters. The van der Waals surface area contributed by atoms with Crippen LogP contribution in [0.4, 0.5) is 4.79 Å². The lowest BCUT2D eigenvalue weighted by Crippen LogP contribution is -2.46. The Balaban J connectivity index is 2.36. The highest BCUT2D eigenvalue weighted by atomic mass is 16.6. The van der Waals surface area contributed by atoms with E-state index in [1.807, 2.05) is 13.8 Å². The first kappa shape index (κ1) is 11.6. The molecule has 17 heavy (non-hydrogen) atoms. The molecule has 1 aliphatic rings. The van der Waals surface area contributed by atoms with Crippen molar-refractivity contribution in [3.63, 3.8) is 0 Å². The lowest BCUT2D eigenvalue weighted by atomic mass is 9.80. The molecule has 5 heteroatoms. The van der Waals surface area contributed by atoms with Crippen LogP contribution in [-0.2, 0) is 4.74 Å². The van der Waals surface area contributed by atoms with E-state index in [0.29, 0.717) is 6.61 Å². The number of aromatic hydroxyl groups is 2. The maximum Gasteiger partial charge on any atom is 0.407 e.